The van der Waals surface area contributed by atoms with E-state index in [1.807, 2.05) is 26.1 Å². The molecule has 12 heavy (non-hydrogen) atoms. The Morgan fingerprint density at radius 3 is 3.00 bits per heavy atom. The first-order valence-electron chi connectivity index (χ1n) is 3.79. The minimum Gasteiger partial charge on any atom is -0.388 e. The van der Waals surface area contributed by atoms with Crippen LogP contribution in [-0.2, 0) is 0 Å². The third kappa shape index (κ3) is 0.922. The topological polar surface area (TPSA) is 42.2 Å². The number of hydrogen-bond acceptors (Lipinski definition) is 3. The van der Waals surface area contributed by atoms with Crippen molar-refractivity contribution in [2.45, 2.75) is 6.92 Å². The Morgan fingerprint density at radius 2 is 2.25 bits per heavy atom. The maximum absolute atomic E-state index is 4.10. The maximum Gasteiger partial charge on any atom is 0.157 e. The SMILES string of the molecule is CNc1cc(C)n2ncnc2c1. The molecular formula is C8H10N4. The summed E-state index contributed by atoms with van der Waals surface area (Å²) in [4.78, 5) is 4.10. The molecule has 0 bridgehead atoms. The molecule has 0 saturated heterocycles. The third-order valence-electron chi connectivity index (χ3n) is 1.85. The minimum absolute atomic E-state index is 0.874. The lowest BCUT2D eigenvalue weighted by atomic mass is 10.3. The molecule has 62 valence electrons. The molecule has 4 heteroatoms. The number of anilines is 1. The summed E-state index contributed by atoms with van der Waals surface area (Å²) in [5.74, 6) is 0. The van der Waals surface area contributed by atoms with E-state index >= 15 is 0 Å². The van der Waals surface area contributed by atoms with Crippen molar-refractivity contribution in [3.8, 4) is 0 Å². The van der Waals surface area contributed by atoms with E-state index in [-0.39, 0.29) is 0 Å². The first kappa shape index (κ1) is 7.09. The van der Waals surface area contributed by atoms with Crippen LogP contribution < -0.4 is 5.32 Å². The average Bonchev–Trinajstić information content (AvgIpc) is 2.52. The predicted octanol–water partition coefficient (Wildman–Crippen LogP) is 1.08. The van der Waals surface area contributed by atoms with Crippen molar-refractivity contribution in [2.24, 2.45) is 0 Å². The lowest BCUT2D eigenvalue weighted by Gasteiger charge is -2.02. The molecule has 0 aliphatic carbocycles. The van der Waals surface area contributed by atoms with Gasteiger partial charge in [0.1, 0.15) is 6.33 Å². The first-order valence-corrected chi connectivity index (χ1v) is 3.79. The van der Waals surface area contributed by atoms with E-state index < -0.39 is 0 Å². The van der Waals surface area contributed by atoms with Crippen molar-refractivity contribution in [1.82, 2.24) is 14.6 Å². The molecule has 2 aromatic heterocycles. The van der Waals surface area contributed by atoms with Gasteiger partial charge >= 0.3 is 0 Å². The van der Waals surface area contributed by atoms with Gasteiger partial charge in [0, 0.05) is 24.5 Å². The molecule has 0 fully saturated rings. The number of hydrogen-bond donors (Lipinski definition) is 1. The highest BCUT2D eigenvalue weighted by Crippen LogP contribution is 2.11. The summed E-state index contributed by atoms with van der Waals surface area (Å²) < 4.78 is 1.81. The standard InChI is InChI=1S/C8H10N4/c1-6-3-7(9-2)4-8-10-5-11-12(6)8/h3-5,9H,1-2H3. The second-order valence-electron chi connectivity index (χ2n) is 2.67. The Morgan fingerprint density at radius 1 is 1.42 bits per heavy atom. The Labute approximate surface area is 70.2 Å². The molecule has 0 spiro atoms. The second-order valence-corrected chi connectivity index (χ2v) is 2.67. The van der Waals surface area contributed by atoms with Gasteiger partial charge in [-0.2, -0.15) is 5.10 Å². The summed E-state index contributed by atoms with van der Waals surface area (Å²) in [6.07, 6.45) is 1.56. The van der Waals surface area contributed by atoms with Gasteiger partial charge in [-0.15, -0.1) is 0 Å². The average molecular weight is 162 g/mol. The zero-order valence-corrected chi connectivity index (χ0v) is 7.07. The number of pyridine rings is 1. The Balaban J connectivity index is 2.75. The van der Waals surface area contributed by atoms with Crippen molar-refractivity contribution in [2.75, 3.05) is 12.4 Å². The van der Waals surface area contributed by atoms with Gasteiger partial charge in [0.15, 0.2) is 5.65 Å². The van der Waals surface area contributed by atoms with E-state index in [0.717, 1.165) is 17.0 Å². The number of nitrogens with one attached hydrogen (secondary N) is 1. The normalized spacial score (nSPS) is 10.5. The molecule has 0 saturated carbocycles. The van der Waals surface area contributed by atoms with E-state index in [1.165, 1.54) is 0 Å². The molecule has 0 radical (unpaired) electrons. The fourth-order valence-electron chi connectivity index (χ4n) is 1.23. The van der Waals surface area contributed by atoms with E-state index in [9.17, 15) is 0 Å². The van der Waals surface area contributed by atoms with Gasteiger partial charge in [0.05, 0.1) is 0 Å². The fraction of sp³-hybridized carbons (Fsp3) is 0.250. The van der Waals surface area contributed by atoms with Crippen molar-refractivity contribution >= 4 is 11.3 Å². The highest BCUT2D eigenvalue weighted by Gasteiger charge is 1.99. The van der Waals surface area contributed by atoms with Gasteiger partial charge < -0.3 is 5.32 Å². The highest BCUT2D eigenvalue weighted by molar-refractivity contribution is 5.54. The molecule has 2 rings (SSSR count). The highest BCUT2D eigenvalue weighted by atomic mass is 15.3. The molecule has 0 aromatic carbocycles. The molecular weight excluding hydrogens is 152 g/mol. The molecule has 2 aromatic rings. The number of aromatic nitrogens is 3. The smallest absolute Gasteiger partial charge is 0.157 e. The van der Waals surface area contributed by atoms with Crippen LogP contribution in [0.15, 0.2) is 18.5 Å². The van der Waals surface area contributed by atoms with Crippen LogP contribution in [0.2, 0.25) is 0 Å². The van der Waals surface area contributed by atoms with Gasteiger partial charge in [0.25, 0.3) is 0 Å². The van der Waals surface area contributed by atoms with Gasteiger partial charge in [-0.1, -0.05) is 0 Å². The van der Waals surface area contributed by atoms with Crippen molar-refractivity contribution < 1.29 is 0 Å². The first-order chi connectivity index (χ1) is 5.81. The van der Waals surface area contributed by atoms with Gasteiger partial charge in [-0.3, -0.25) is 0 Å². The zero-order valence-electron chi connectivity index (χ0n) is 7.07. The lowest BCUT2D eigenvalue weighted by molar-refractivity contribution is 0.915. The van der Waals surface area contributed by atoms with E-state index in [4.69, 9.17) is 0 Å². The van der Waals surface area contributed by atoms with Crippen molar-refractivity contribution in [1.29, 1.82) is 0 Å². The summed E-state index contributed by atoms with van der Waals surface area (Å²) in [7, 11) is 1.89. The lowest BCUT2D eigenvalue weighted by Crippen LogP contribution is -1.96. The van der Waals surface area contributed by atoms with E-state index in [0.29, 0.717) is 0 Å². The number of rotatable bonds is 1. The van der Waals surface area contributed by atoms with Gasteiger partial charge in [0.2, 0.25) is 0 Å². The van der Waals surface area contributed by atoms with Crippen LogP contribution in [0.1, 0.15) is 5.69 Å². The Bertz CT molecular complexity index is 404. The predicted molar refractivity (Wildman–Crippen MR) is 47.3 cm³/mol. The summed E-state index contributed by atoms with van der Waals surface area (Å²) in [5.41, 5.74) is 3.02. The van der Waals surface area contributed by atoms with Crippen LogP contribution in [0.25, 0.3) is 5.65 Å². The van der Waals surface area contributed by atoms with Crippen molar-refractivity contribution in [3.63, 3.8) is 0 Å². The van der Waals surface area contributed by atoms with E-state index in [2.05, 4.69) is 15.4 Å². The molecule has 0 amide bonds. The molecule has 0 atom stereocenters. The number of fused-ring (bicyclic) bond motifs is 1. The van der Waals surface area contributed by atoms with Crippen molar-refractivity contribution in [3.05, 3.63) is 24.2 Å². The van der Waals surface area contributed by atoms with Crippen LogP contribution in [0.3, 0.4) is 0 Å². The molecule has 0 aliphatic rings. The molecule has 2 heterocycles. The Kier molecular flexibility index (Phi) is 1.46. The summed E-state index contributed by atoms with van der Waals surface area (Å²) in [5, 5.41) is 7.14. The van der Waals surface area contributed by atoms with Gasteiger partial charge in [-0.25, -0.2) is 9.50 Å². The van der Waals surface area contributed by atoms with E-state index in [1.54, 1.807) is 10.8 Å². The Hall–Kier alpha value is -1.58. The van der Waals surface area contributed by atoms with Gasteiger partial charge in [-0.05, 0) is 13.0 Å². The van der Waals surface area contributed by atoms with Crippen LogP contribution in [-0.4, -0.2) is 21.6 Å². The summed E-state index contributed by atoms with van der Waals surface area (Å²) in [6.45, 7) is 2.00. The second kappa shape index (κ2) is 2.48. The fourth-order valence-corrected chi connectivity index (χ4v) is 1.23. The maximum atomic E-state index is 4.10. The van der Waals surface area contributed by atoms with Crippen LogP contribution in [0.4, 0.5) is 5.69 Å². The third-order valence-corrected chi connectivity index (χ3v) is 1.85. The molecule has 1 N–H and O–H groups in total. The zero-order chi connectivity index (χ0) is 8.55. The number of aryl methyl sites for hydroxylation is 1. The van der Waals surface area contributed by atoms with Crippen LogP contribution >= 0.6 is 0 Å². The summed E-state index contributed by atoms with van der Waals surface area (Å²) in [6, 6.07) is 3.99. The molecule has 0 unspecified atom stereocenters. The largest absolute Gasteiger partial charge is 0.388 e. The monoisotopic (exact) mass is 162 g/mol. The molecule has 0 aliphatic heterocycles. The minimum atomic E-state index is 0.874. The van der Waals surface area contributed by atoms with Crippen LogP contribution in [0, 0.1) is 6.92 Å². The number of nitrogens with zero attached hydrogens (tertiary/aromatic N) is 3. The molecule has 4 nitrogen and oxygen atoms in total. The quantitative estimate of drug-likeness (QED) is 0.682. The van der Waals surface area contributed by atoms with Crippen LogP contribution in [0.5, 0.6) is 0 Å². The summed E-state index contributed by atoms with van der Waals surface area (Å²) >= 11 is 0.